The third-order valence-electron chi connectivity index (χ3n) is 5.98. The van der Waals surface area contributed by atoms with Crippen LogP contribution in [0.4, 0.5) is 0 Å². The van der Waals surface area contributed by atoms with E-state index in [1.165, 1.54) is 0 Å². The van der Waals surface area contributed by atoms with Crippen LogP contribution < -0.4 is 5.73 Å². The Morgan fingerprint density at radius 1 is 1.23 bits per heavy atom. The monoisotopic (exact) mass is 488 g/mol. The first-order chi connectivity index (χ1) is 16.8. The molecule has 35 heavy (non-hydrogen) atoms. The van der Waals surface area contributed by atoms with Crippen molar-refractivity contribution in [2.75, 3.05) is 7.05 Å². The highest BCUT2D eigenvalue weighted by atomic mass is 32.1. The quantitative estimate of drug-likeness (QED) is 0.254. The lowest BCUT2D eigenvalue weighted by atomic mass is 9.93. The second-order valence-electron chi connectivity index (χ2n) is 9.26. The Morgan fingerprint density at radius 3 is 2.57 bits per heavy atom. The summed E-state index contributed by atoms with van der Waals surface area (Å²) < 4.78 is 6.07. The molecule has 0 aliphatic heterocycles. The van der Waals surface area contributed by atoms with E-state index in [0.29, 0.717) is 35.7 Å². The molecule has 1 amide bonds. The molecule has 2 N–H and O–H groups in total. The molecule has 6 nitrogen and oxygen atoms in total. The first-order valence-corrected chi connectivity index (χ1v) is 12.6. The van der Waals surface area contributed by atoms with Crippen LogP contribution in [-0.4, -0.2) is 40.3 Å². The van der Waals surface area contributed by atoms with Crippen LogP contribution in [0.1, 0.15) is 52.0 Å². The largest absolute Gasteiger partial charge is 0.441 e. The lowest BCUT2D eigenvalue weighted by Gasteiger charge is -2.27. The number of amides is 1. The number of hydrogen-bond acceptors (Lipinski definition) is 6. The highest BCUT2D eigenvalue weighted by molar-refractivity contribution is 7.09. The molecule has 0 radical (unpaired) electrons. The summed E-state index contributed by atoms with van der Waals surface area (Å²) in [7, 11) is 1.66. The van der Waals surface area contributed by atoms with E-state index in [4.69, 9.17) is 10.5 Å². The average Bonchev–Trinajstić information content (AvgIpc) is 3.61. The number of aryl methyl sites for hydroxylation is 1. The average molecular weight is 489 g/mol. The Bertz CT molecular complexity index is 1230. The van der Waals surface area contributed by atoms with Gasteiger partial charge < -0.3 is 15.4 Å². The fourth-order valence-corrected chi connectivity index (χ4v) is 4.82. The topological polar surface area (TPSA) is 80.8 Å². The molecule has 1 heterocycles. The van der Waals surface area contributed by atoms with Crippen molar-refractivity contribution in [2.24, 2.45) is 10.7 Å². The third-order valence-corrected chi connectivity index (χ3v) is 6.93. The number of nitrogens with zero attached hydrogens (tertiary/aromatic N) is 3. The summed E-state index contributed by atoms with van der Waals surface area (Å²) in [6.45, 7) is 8.50. The molecular formula is C28H32N4O2S. The van der Waals surface area contributed by atoms with Crippen molar-refractivity contribution in [3.05, 3.63) is 93.9 Å². The maximum Gasteiger partial charge on any atom is 0.254 e. The summed E-state index contributed by atoms with van der Waals surface area (Å²) in [4.78, 5) is 24.2. The second-order valence-corrected chi connectivity index (χ2v) is 10.2. The molecule has 1 aromatic heterocycles. The predicted octanol–water partition coefficient (Wildman–Crippen LogP) is 5.23. The molecular weight excluding hydrogens is 456 g/mol. The maximum absolute atomic E-state index is 13.4. The molecule has 0 spiro atoms. The Labute approximate surface area is 211 Å². The van der Waals surface area contributed by atoms with Crippen LogP contribution in [0.15, 0.2) is 71.5 Å². The number of carbonyl (C=O) groups is 1. The Morgan fingerprint density at radius 2 is 1.94 bits per heavy atom. The molecule has 1 saturated carbocycles. The fraction of sp³-hybridized carbons (Fsp3) is 0.321. The van der Waals surface area contributed by atoms with Gasteiger partial charge >= 0.3 is 0 Å². The van der Waals surface area contributed by atoms with Gasteiger partial charge in [0.1, 0.15) is 10.8 Å². The van der Waals surface area contributed by atoms with Gasteiger partial charge in [-0.3, -0.25) is 9.79 Å². The predicted molar refractivity (Wildman–Crippen MR) is 142 cm³/mol. The summed E-state index contributed by atoms with van der Waals surface area (Å²) in [6, 6.07) is 17.7. The lowest BCUT2D eigenvalue weighted by molar-refractivity contribution is 0.0729. The maximum atomic E-state index is 13.4. The van der Waals surface area contributed by atoms with E-state index in [1.54, 1.807) is 18.4 Å². The van der Waals surface area contributed by atoms with Crippen molar-refractivity contribution >= 4 is 28.9 Å². The van der Waals surface area contributed by atoms with Crippen LogP contribution in [0.25, 0.3) is 5.76 Å². The third kappa shape index (κ3) is 6.24. The Kier molecular flexibility index (Phi) is 7.48. The summed E-state index contributed by atoms with van der Waals surface area (Å²) >= 11 is 1.59. The van der Waals surface area contributed by atoms with Crippen molar-refractivity contribution < 1.29 is 9.53 Å². The minimum Gasteiger partial charge on any atom is -0.441 e. The number of aromatic nitrogens is 1. The number of ether oxygens (including phenoxy) is 1. The number of benzene rings is 2. The van der Waals surface area contributed by atoms with E-state index in [9.17, 15) is 4.79 Å². The van der Waals surface area contributed by atoms with E-state index in [2.05, 4.69) is 16.6 Å². The molecule has 182 valence electrons. The van der Waals surface area contributed by atoms with Crippen LogP contribution in [0.2, 0.25) is 0 Å². The van der Waals surface area contributed by atoms with Gasteiger partial charge in [-0.05, 0) is 50.8 Å². The molecule has 2 aromatic carbocycles. The van der Waals surface area contributed by atoms with E-state index < -0.39 is 5.54 Å². The second kappa shape index (κ2) is 10.5. The summed E-state index contributed by atoms with van der Waals surface area (Å²) in [5.41, 5.74) is 9.17. The van der Waals surface area contributed by atoms with E-state index in [-0.39, 0.29) is 11.9 Å². The fourth-order valence-electron chi connectivity index (χ4n) is 4.05. The van der Waals surface area contributed by atoms with Crippen LogP contribution >= 0.6 is 11.3 Å². The van der Waals surface area contributed by atoms with Crippen LogP contribution in [0.5, 0.6) is 0 Å². The van der Waals surface area contributed by atoms with Gasteiger partial charge in [-0.1, -0.05) is 49.0 Å². The number of aliphatic imine (C=N–C) groups is 1. The molecule has 4 rings (SSSR count). The number of carbonyl (C=O) groups excluding carboxylic acids is 1. The highest BCUT2D eigenvalue weighted by Gasteiger charge is 2.34. The molecule has 7 heteroatoms. The van der Waals surface area contributed by atoms with Gasteiger partial charge in [0.15, 0.2) is 0 Å². The van der Waals surface area contributed by atoms with Crippen LogP contribution in [-0.2, 0) is 17.7 Å². The first kappa shape index (κ1) is 24.8. The zero-order chi connectivity index (χ0) is 25.0. The molecule has 0 saturated heterocycles. The molecule has 1 fully saturated rings. The van der Waals surface area contributed by atoms with Gasteiger partial charge in [0.2, 0.25) is 5.90 Å². The zero-order valence-electron chi connectivity index (χ0n) is 20.5. The van der Waals surface area contributed by atoms with E-state index in [0.717, 1.165) is 29.1 Å². The molecule has 1 aliphatic carbocycles. The molecule has 1 unspecified atom stereocenters. The van der Waals surface area contributed by atoms with Gasteiger partial charge in [-0.2, -0.15) is 0 Å². The summed E-state index contributed by atoms with van der Waals surface area (Å²) in [6.07, 6.45) is 2.62. The Balaban J connectivity index is 1.48. The van der Waals surface area contributed by atoms with Crippen molar-refractivity contribution in [1.82, 2.24) is 9.88 Å². The zero-order valence-corrected chi connectivity index (χ0v) is 21.3. The smallest absolute Gasteiger partial charge is 0.254 e. The standard InChI is InChI=1S/C28H32N4O2S/c1-19-18-35-25(31-19)17-32(24-13-14-24)26(33)23-12-8-11-22(15-23)20(2)34-27(30-4)28(3,29)16-21-9-6-5-7-10-21/h5-12,15,18,24H,2,13-14,16-17,29H2,1,3-4H3. The van der Waals surface area contributed by atoms with Gasteiger partial charge in [-0.25, -0.2) is 4.98 Å². The van der Waals surface area contributed by atoms with Crippen LogP contribution in [0.3, 0.4) is 0 Å². The Hall–Kier alpha value is -3.29. The molecule has 1 aliphatic rings. The van der Waals surface area contributed by atoms with E-state index in [1.807, 2.05) is 78.7 Å². The van der Waals surface area contributed by atoms with Gasteiger partial charge in [0, 0.05) is 35.3 Å². The van der Waals surface area contributed by atoms with Crippen molar-refractivity contribution in [2.45, 2.75) is 51.2 Å². The summed E-state index contributed by atoms with van der Waals surface area (Å²) in [5, 5.41) is 2.97. The SMILES string of the molecule is C=C(OC(=NC)C(C)(N)Cc1ccccc1)c1cccc(C(=O)N(Cc2nc(C)cs2)C2CC2)c1. The highest BCUT2D eigenvalue weighted by Crippen LogP contribution is 2.31. The van der Waals surface area contributed by atoms with Gasteiger partial charge in [-0.15, -0.1) is 11.3 Å². The number of rotatable bonds is 9. The number of thiazole rings is 1. The van der Waals surface area contributed by atoms with E-state index >= 15 is 0 Å². The van der Waals surface area contributed by atoms with Crippen molar-refractivity contribution in [1.29, 1.82) is 0 Å². The number of nitrogens with two attached hydrogens (primary N) is 1. The minimum atomic E-state index is -0.818. The van der Waals surface area contributed by atoms with Gasteiger partial charge in [0.25, 0.3) is 5.91 Å². The lowest BCUT2D eigenvalue weighted by Crippen LogP contribution is -2.48. The van der Waals surface area contributed by atoms with Gasteiger partial charge in [0.05, 0.1) is 12.1 Å². The molecule has 1 atom stereocenters. The normalized spacial score (nSPS) is 15.4. The summed E-state index contributed by atoms with van der Waals surface area (Å²) in [5.74, 6) is 0.785. The molecule has 0 bridgehead atoms. The van der Waals surface area contributed by atoms with Crippen LogP contribution in [0, 0.1) is 6.92 Å². The number of hydrogen-bond donors (Lipinski definition) is 1. The first-order valence-electron chi connectivity index (χ1n) is 11.8. The van der Waals surface area contributed by atoms with Crippen molar-refractivity contribution in [3.63, 3.8) is 0 Å². The minimum absolute atomic E-state index is 0.00729. The molecule has 3 aromatic rings. The van der Waals surface area contributed by atoms with Crippen molar-refractivity contribution in [3.8, 4) is 0 Å².